The standard InChI is InChI=1S/C23H27O4/c1-16(2)17-6-10-20(11-7-17)27-22(14-24)21(25)15-26-19-12-8-18(9-13-19)23(3,4)5/h6-13,16,22H,15H2,1-5H3. The molecule has 0 spiro atoms. The van der Waals surface area contributed by atoms with Crippen LogP contribution in [0.2, 0.25) is 0 Å². The molecule has 1 atom stereocenters. The van der Waals surface area contributed by atoms with Gasteiger partial charge in [-0.3, -0.25) is 9.59 Å². The molecule has 0 aliphatic carbocycles. The van der Waals surface area contributed by atoms with Crippen LogP contribution in [-0.4, -0.2) is 24.8 Å². The Bertz CT molecular complexity index is 752. The van der Waals surface area contributed by atoms with Gasteiger partial charge < -0.3 is 9.47 Å². The van der Waals surface area contributed by atoms with Crippen LogP contribution in [0.5, 0.6) is 11.5 Å². The summed E-state index contributed by atoms with van der Waals surface area (Å²) in [6.07, 6.45) is 0.349. The second-order valence-electron chi connectivity index (χ2n) is 7.87. The lowest BCUT2D eigenvalue weighted by molar-refractivity contribution is -0.125. The summed E-state index contributed by atoms with van der Waals surface area (Å²) in [5.41, 5.74) is 2.38. The highest BCUT2D eigenvalue weighted by Gasteiger charge is 2.22. The summed E-state index contributed by atoms with van der Waals surface area (Å²) < 4.78 is 11.0. The van der Waals surface area contributed by atoms with Crippen molar-refractivity contribution in [1.82, 2.24) is 0 Å². The van der Waals surface area contributed by atoms with Crippen molar-refractivity contribution >= 4 is 12.1 Å². The number of Topliss-reactive ketones (excluding diaryl/α,β-unsaturated/α-hetero) is 1. The molecule has 2 aromatic rings. The van der Waals surface area contributed by atoms with Gasteiger partial charge >= 0.3 is 0 Å². The molecule has 4 nitrogen and oxygen atoms in total. The second kappa shape index (κ2) is 8.85. The van der Waals surface area contributed by atoms with E-state index in [4.69, 9.17) is 9.47 Å². The fraction of sp³-hybridized carbons (Fsp3) is 0.391. The Kier molecular flexibility index (Phi) is 6.78. The SMILES string of the molecule is CC(C)c1ccc(OC([C]=O)C(=O)COc2ccc(C(C)(C)C)cc2)cc1. The van der Waals surface area contributed by atoms with E-state index in [1.165, 1.54) is 5.56 Å². The maximum Gasteiger partial charge on any atom is 0.251 e. The van der Waals surface area contributed by atoms with Crippen LogP contribution < -0.4 is 9.47 Å². The molecule has 0 N–H and O–H groups in total. The van der Waals surface area contributed by atoms with Gasteiger partial charge in [-0.2, -0.15) is 0 Å². The van der Waals surface area contributed by atoms with E-state index in [1.54, 1.807) is 18.4 Å². The van der Waals surface area contributed by atoms with Crippen LogP contribution in [0.4, 0.5) is 0 Å². The molecule has 1 radical (unpaired) electrons. The van der Waals surface area contributed by atoms with Crippen molar-refractivity contribution in [3.63, 3.8) is 0 Å². The largest absolute Gasteiger partial charge is 0.486 e. The van der Waals surface area contributed by atoms with Crippen molar-refractivity contribution in [2.75, 3.05) is 6.61 Å². The Hall–Kier alpha value is -2.62. The average Bonchev–Trinajstić information content (AvgIpc) is 2.64. The molecule has 4 heteroatoms. The molecular formula is C23H27O4. The number of ether oxygens (including phenoxy) is 2. The smallest absolute Gasteiger partial charge is 0.251 e. The lowest BCUT2D eigenvalue weighted by Crippen LogP contribution is -2.33. The van der Waals surface area contributed by atoms with E-state index in [-0.39, 0.29) is 12.0 Å². The van der Waals surface area contributed by atoms with E-state index in [2.05, 4.69) is 34.6 Å². The second-order valence-corrected chi connectivity index (χ2v) is 7.87. The number of hydrogen-bond donors (Lipinski definition) is 0. The quantitative estimate of drug-likeness (QED) is 0.639. The summed E-state index contributed by atoms with van der Waals surface area (Å²) in [7, 11) is 0. The predicted molar refractivity (Wildman–Crippen MR) is 106 cm³/mol. The predicted octanol–water partition coefficient (Wildman–Crippen LogP) is 4.61. The Morgan fingerprint density at radius 3 is 2.00 bits per heavy atom. The first-order valence-electron chi connectivity index (χ1n) is 9.11. The topological polar surface area (TPSA) is 52.6 Å². The molecule has 0 saturated carbocycles. The highest BCUT2D eigenvalue weighted by Crippen LogP contribution is 2.24. The molecular weight excluding hydrogens is 340 g/mol. The maximum absolute atomic E-state index is 12.2. The monoisotopic (exact) mass is 367 g/mol. The minimum Gasteiger partial charge on any atom is -0.486 e. The Balaban J connectivity index is 1.93. The Labute approximate surface area is 161 Å². The van der Waals surface area contributed by atoms with E-state index in [0.29, 0.717) is 17.4 Å². The van der Waals surface area contributed by atoms with Gasteiger partial charge in [-0.05, 0) is 46.7 Å². The third-order valence-electron chi connectivity index (χ3n) is 4.30. The first-order chi connectivity index (χ1) is 12.7. The number of rotatable bonds is 8. The molecule has 0 aliphatic heterocycles. The molecule has 0 amide bonds. The van der Waals surface area contributed by atoms with Crippen LogP contribution in [0.1, 0.15) is 51.7 Å². The van der Waals surface area contributed by atoms with Gasteiger partial charge in [0.25, 0.3) is 6.29 Å². The molecule has 2 rings (SSSR count). The van der Waals surface area contributed by atoms with Crippen LogP contribution in [0.15, 0.2) is 48.5 Å². The first-order valence-corrected chi connectivity index (χ1v) is 9.11. The summed E-state index contributed by atoms with van der Waals surface area (Å²) in [5, 5.41) is 0. The Morgan fingerprint density at radius 2 is 1.52 bits per heavy atom. The fourth-order valence-electron chi connectivity index (χ4n) is 2.50. The van der Waals surface area contributed by atoms with E-state index < -0.39 is 11.9 Å². The lowest BCUT2D eigenvalue weighted by Gasteiger charge is -2.19. The molecule has 0 aromatic heterocycles. The minimum absolute atomic E-state index is 0.0465. The van der Waals surface area contributed by atoms with Gasteiger partial charge in [0.15, 0.2) is 6.61 Å². The van der Waals surface area contributed by atoms with Gasteiger partial charge in [0.05, 0.1) is 0 Å². The summed E-state index contributed by atoms with van der Waals surface area (Å²) in [6.45, 7) is 10.3. The van der Waals surface area contributed by atoms with Gasteiger partial charge in [0, 0.05) is 0 Å². The van der Waals surface area contributed by atoms with E-state index in [0.717, 1.165) is 5.56 Å². The van der Waals surface area contributed by atoms with E-state index in [1.807, 2.05) is 36.4 Å². The van der Waals surface area contributed by atoms with Crippen molar-refractivity contribution in [2.24, 2.45) is 0 Å². The molecule has 2 aromatic carbocycles. The third-order valence-corrected chi connectivity index (χ3v) is 4.30. The number of carbonyl (C=O) groups is 1. The summed E-state index contributed by atoms with van der Waals surface area (Å²) in [6, 6.07) is 14.9. The van der Waals surface area contributed by atoms with Gasteiger partial charge in [0.1, 0.15) is 11.5 Å². The van der Waals surface area contributed by atoms with Crippen LogP contribution in [0.3, 0.4) is 0 Å². The van der Waals surface area contributed by atoms with Crippen LogP contribution in [0, 0.1) is 0 Å². The molecule has 143 valence electrons. The van der Waals surface area contributed by atoms with Crippen molar-refractivity contribution in [3.8, 4) is 11.5 Å². The molecule has 0 aliphatic rings. The zero-order chi connectivity index (χ0) is 20.0. The molecule has 0 fully saturated rings. The van der Waals surface area contributed by atoms with E-state index >= 15 is 0 Å². The van der Waals surface area contributed by atoms with Gasteiger partial charge in [-0.1, -0.05) is 58.9 Å². The number of benzene rings is 2. The lowest BCUT2D eigenvalue weighted by atomic mass is 9.87. The van der Waals surface area contributed by atoms with Crippen LogP contribution >= 0.6 is 0 Å². The average molecular weight is 367 g/mol. The fourth-order valence-corrected chi connectivity index (χ4v) is 2.50. The van der Waals surface area contributed by atoms with Crippen LogP contribution in [0.25, 0.3) is 0 Å². The maximum atomic E-state index is 12.2. The van der Waals surface area contributed by atoms with Gasteiger partial charge in [-0.15, -0.1) is 0 Å². The highest BCUT2D eigenvalue weighted by molar-refractivity contribution is 5.97. The number of hydrogen-bond acceptors (Lipinski definition) is 4. The zero-order valence-electron chi connectivity index (χ0n) is 16.6. The van der Waals surface area contributed by atoms with Crippen molar-refractivity contribution in [3.05, 3.63) is 59.7 Å². The number of ketones is 1. The first kappa shape index (κ1) is 20.7. The summed E-state index contributed by atoms with van der Waals surface area (Å²) in [5.74, 6) is 0.947. The summed E-state index contributed by atoms with van der Waals surface area (Å²) >= 11 is 0. The zero-order valence-corrected chi connectivity index (χ0v) is 16.6. The Morgan fingerprint density at radius 1 is 0.963 bits per heavy atom. The molecule has 0 bridgehead atoms. The van der Waals surface area contributed by atoms with E-state index in [9.17, 15) is 9.59 Å². The normalized spacial score (nSPS) is 12.5. The molecule has 27 heavy (non-hydrogen) atoms. The van der Waals surface area contributed by atoms with Crippen LogP contribution in [-0.2, 0) is 15.0 Å². The minimum atomic E-state index is -1.30. The van der Waals surface area contributed by atoms with Crippen molar-refractivity contribution in [1.29, 1.82) is 0 Å². The molecule has 1 unspecified atom stereocenters. The van der Waals surface area contributed by atoms with Crippen molar-refractivity contribution < 1.29 is 19.1 Å². The number of carbonyl (C=O) groups excluding carboxylic acids is 2. The van der Waals surface area contributed by atoms with Gasteiger partial charge in [-0.25, -0.2) is 0 Å². The van der Waals surface area contributed by atoms with Gasteiger partial charge in [0.2, 0.25) is 11.9 Å². The molecule has 0 heterocycles. The van der Waals surface area contributed by atoms with Crippen molar-refractivity contribution in [2.45, 2.75) is 52.1 Å². The molecule has 0 saturated heterocycles. The highest BCUT2D eigenvalue weighted by atomic mass is 16.5. The third kappa shape index (κ3) is 5.95. The summed E-state index contributed by atoms with van der Waals surface area (Å²) in [4.78, 5) is 23.4.